The van der Waals surface area contributed by atoms with Gasteiger partial charge in [-0.15, -0.1) is 0 Å². The lowest BCUT2D eigenvalue weighted by atomic mass is 10.1. The molecule has 0 aliphatic rings. The van der Waals surface area contributed by atoms with E-state index in [1.54, 1.807) is 29.1 Å². The lowest BCUT2D eigenvalue weighted by Gasteiger charge is -2.10. The van der Waals surface area contributed by atoms with Gasteiger partial charge in [0.05, 0.1) is 23.7 Å². The molecule has 0 saturated heterocycles. The van der Waals surface area contributed by atoms with E-state index in [-0.39, 0.29) is 18.1 Å². The fourth-order valence-corrected chi connectivity index (χ4v) is 3.37. The number of carbonyl (C=O) groups excluding carboxylic acids is 1. The predicted molar refractivity (Wildman–Crippen MR) is 118 cm³/mol. The van der Waals surface area contributed by atoms with Gasteiger partial charge < -0.3 is 10.6 Å². The van der Waals surface area contributed by atoms with Crippen molar-refractivity contribution in [3.8, 4) is 5.69 Å². The molecule has 4 rings (SSSR count). The zero-order chi connectivity index (χ0) is 21.8. The van der Waals surface area contributed by atoms with Gasteiger partial charge in [-0.2, -0.15) is 5.10 Å². The Kier molecular flexibility index (Phi) is 6.08. The van der Waals surface area contributed by atoms with Crippen LogP contribution in [0.3, 0.4) is 0 Å². The monoisotopic (exact) mass is 438 g/mol. The minimum absolute atomic E-state index is 0.133. The number of benzene rings is 2. The molecule has 0 radical (unpaired) electrons. The summed E-state index contributed by atoms with van der Waals surface area (Å²) in [5.41, 5.74) is 2.23. The number of hydrogen-bond acceptors (Lipinski definition) is 5. The smallest absolute Gasteiger partial charge is 0.224 e. The number of fused-ring (bicyclic) bond motifs is 1. The van der Waals surface area contributed by atoms with E-state index >= 15 is 0 Å². The number of aromatic nitrogens is 4. The Morgan fingerprint density at radius 2 is 1.94 bits per heavy atom. The van der Waals surface area contributed by atoms with Gasteiger partial charge in [-0.05, 0) is 42.8 Å². The Bertz CT molecular complexity index is 1220. The Labute approximate surface area is 183 Å². The Hall–Kier alpha value is -3.52. The molecule has 0 bridgehead atoms. The predicted octanol–water partition coefficient (Wildman–Crippen LogP) is 3.69. The first-order valence-electron chi connectivity index (χ1n) is 9.73. The first-order valence-corrected chi connectivity index (χ1v) is 10.1. The maximum atomic E-state index is 13.0. The van der Waals surface area contributed by atoms with E-state index in [4.69, 9.17) is 11.6 Å². The van der Waals surface area contributed by atoms with Crippen molar-refractivity contribution in [2.24, 2.45) is 0 Å². The lowest BCUT2D eigenvalue weighted by Crippen LogP contribution is -2.30. The summed E-state index contributed by atoms with van der Waals surface area (Å²) in [6, 6.07) is 13.3. The van der Waals surface area contributed by atoms with Crippen LogP contribution in [0.5, 0.6) is 0 Å². The van der Waals surface area contributed by atoms with Gasteiger partial charge in [0, 0.05) is 18.1 Å². The fourth-order valence-electron chi connectivity index (χ4n) is 3.18. The average Bonchev–Trinajstić information content (AvgIpc) is 3.16. The molecule has 0 fully saturated rings. The molecular formula is C22H20ClFN6O. The average molecular weight is 439 g/mol. The number of hydrogen-bond donors (Lipinski definition) is 2. The van der Waals surface area contributed by atoms with Gasteiger partial charge in [0.25, 0.3) is 0 Å². The molecule has 31 heavy (non-hydrogen) atoms. The van der Waals surface area contributed by atoms with Crippen molar-refractivity contribution in [2.45, 2.75) is 13.3 Å². The molecule has 0 spiro atoms. The second-order valence-corrected chi connectivity index (χ2v) is 7.41. The molecule has 2 aromatic heterocycles. The van der Waals surface area contributed by atoms with Crippen molar-refractivity contribution in [3.63, 3.8) is 0 Å². The summed E-state index contributed by atoms with van der Waals surface area (Å²) in [4.78, 5) is 21.1. The van der Waals surface area contributed by atoms with Gasteiger partial charge in [-0.1, -0.05) is 29.8 Å². The molecule has 0 atom stereocenters. The van der Waals surface area contributed by atoms with Crippen LogP contribution < -0.4 is 10.6 Å². The maximum Gasteiger partial charge on any atom is 0.224 e. The van der Waals surface area contributed by atoms with Crippen LogP contribution >= 0.6 is 11.6 Å². The van der Waals surface area contributed by atoms with Gasteiger partial charge in [0.2, 0.25) is 5.91 Å². The minimum atomic E-state index is -0.321. The van der Waals surface area contributed by atoms with Gasteiger partial charge in [0.1, 0.15) is 17.5 Å². The van der Waals surface area contributed by atoms with Crippen LogP contribution in [0.15, 0.2) is 54.7 Å². The van der Waals surface area contributed by atoms with Crippen LogP contribution in [-0.2, 0) is 11.2 Å². The molecule has 4 aromatic rings. The second kappa shape index (κ2) is 9.09. The first kappa shape index (κ1) is 20.7. The van der Waals surface area contributed by atoms with E-state index in [0.717, 1.165) is 16.6 Å². The van der Waals surface area contributed by atoms with Crippen LogP contribution in [0.4, 0.5) is 10.2 Å². The van der Waals surface area contributed by atoms with Crippen LogP contribution in [0.25, 0.3) is 16.7 Å². The summed E-state index contributed by atoms with van der Waals surface area (Å²) in [5, 5.41) is 11.9. The molecule has 7 nitrogen and oxygen atoms in total. The Balaban J connectivity index is 1.40. The molecule has 0 aliphatic carbocycles. The van der Waals surface area contributed by atoms with Gasteiger partial charge in [0.15, 0.2) is 5.65 Å². The highest BCUT2D eigenvalue weighted by Crippen LogP contribution is 2.23. The number of carbonyl (C=O) groups is 1. The van der Waals surface area contributed by atoms with Crippen LogP contribution in [0.1, 0.15) is 11.4 Å². The molecule has 2 aromatic carbocycles. The zero-order valence-corrected chi connectivity index (χ0v) is 17.5. The number of amides is 1. The molecule has 0 saturated carbocycles. The number of nitrogens with zero attached hydrogens (tertiary/aromatic N) is 4. The summed E-state index contributed by atoms with van der Waals surface area (Å²) in [7, 11) is 0. The Morgan fingerprint density at radius 3 is 2.71 bits per heavy atom. The van der Waals surface area contributed by atoms with Crippen molar-refractivity contribution >= 4 is 34.4 Å². The molecule has 158 valence electrons. The number of aryl methyl sites for hydroxylation is 1. The molecule has 9 heteroatoms. The van der Waals surface area contributed by atoms with E-state index in [1.807, 2.05) is 25.1 Å². The Morgan fingerprint density at radius 1 is 1.13 bits per heavy atom. The number of nitrogens with one attached hydrogen (secondary N) is 2. The molecule has 0 aliphatic heterocycles. The highest BCUT2D eigenvalue weighted by Gasteiger charge is 2.13. The first-order chi connectivity index (χ1) is 15.0. The van der Waals surface area contributed by atoms with Crippen LogP contribution in [0, 0.1) is 12.7 Å². The highest BCUT2D eigenvalue weighted by atomic mass is 35.5. The summed E-state index contributed by atoms with van der Waals surface area (Å²) in [6.07, 6.45) is 1.90. The van der Waals surface area contributed by atoms with Crippen molar-refractivity contribution in [1.29, 1.82) is 0 Å². The summed E-state index contributed by atoms with van der Waals surface area (Å²) in [5.74, 6) is 0.785. The zero-order valence-electron chi connectivity index (χ0n) is 16.8. The van der Waals surface area contributed by atoms with E-state index < -0.39 is 0 Å². The molecule has 2 N–H and O–H groups in total. The third kappa shape index (κ3) is 4.97. The second-order valence-electron chi connectivity index (χ2n) is 6.97. The number of anilines is 1. The summed E-state index contributed by atoms with van der Waals surface area (Å²) >= 11 is 6.11. The highest BCUT2D eigenvalue weighted by molar-refractivity contribution is 6.30. The van der Waals surface area contributed by atoms with Crippen LogP contribution in [0.2, 0.25) is 5.02 Å². The normalized spacial score (nSPS) is 10.9. The molecule has 2 heterocycles. The quantitative estimate of drug-likeness (QED) is 0.430. The minimum Gasteiger partial charge on any atom is -0.368 e. The SMILES string of the molecule is Cc1nc(NCCNC(=O)Cc2ccc(F)cc2)c2cnn(-c3cccc(Cl)c3)c2n1. The van der Waals surface area contributed by atoms with Crippen molar-refractivity contribution in [3.05, 3.63) is 77.0 Å². The van der Waals surface area contributed by atoms with Gasteiger partial charge in [-0.25, -0.2) is 19.0 Å². The third-order valence-corrected chi connectivity index (χ3v) is 4.85. The topological polar surface area (TPSA) is 84.7 Å². The van der Waals surface area contributed by atoms with Crippen molar-refractivity contribution in [1.82, 2.24) is 25.1 Å². The standard InChI is InChI=1S/C22H20ClFN6O/c1-14-28-21(26-10-9-25-20(31)11-15-5-7-17(24)8-6-15)19-13-27-30(22(19)29-14)18-4-2-3-16(23)12-18/h2-8,12-13H,9-11H2,1H3,(H,25,31)(H,26,28,29). The fraction of sp³-hybridized carbons (Fsp3) is 0.182. The maximum absolute atomic E-state index is 13.0. The molecule has 0 unspecified atom stereocenters. The third-order valence-electron chi connectivity index (χ3n) is 4.61. The number of halogens is 2. The molecular weight excluding hydrogens is 419 g/mol. The van der Waals surface area contributed by atoms with Crippen molar-refractivity contribution < 1.29 is 9.18 Å². The van der Waals surface area contributed by atoms with Gasteiger partial charge in [-0.3, -0.25) is 4.79 Å². The van der Waals surface area contributed by atoms with Crippen molar-refractivity contribution in [2.75, 3.05) is 18.4 Å². The summed E-state index contributed by atoms with van der Waals surface area (Å²) in [6.45, 7) is 2.69. The molecule has 1 amide bonds. The van der Waals surface area contributed by atoms with Crippen LogP contribution in [-0.4, -0.2) is 38.7 Å². The van der Waals surface area contributed by atoms with E-state index in [9.17, 15) is 9.18 Å². The lowest BCUT2D eigenvalue weighted by molar-refractivity contribution is -0.120. The van der Waals surface area contributed by atoms with Gasteiger partial charge >= 0.3 is 0 Å². The number of rotatable bonds is 7. The van der Waals surface area contributed by atoms with E-state index in [2.05, 4.69) is 25.7 Å². The largest absolute Gasteiger partial charge is 0.368 e. The van der Waals surface area contributed by atoms with E-state index in [1.165, 1.54) is 12.1 Å². The van der Waals surface area contributed by atoms with E-state index in [0.29, 0.717) is 35.4 Å². The summed E-state index contributed by atoms with van der Waals surface area (Å²) < 4.78 is 14.7.